The van der Waals surface area contributed by atoms with Crippen LogP contribution in [-0.4, -0.2) is 24.2 Å². The molecule has 0 aliphatic heterocycles. The SMILES string of the molecule is CCC(CCO)CNC(=O)C1CCCc2sccc21. The van der Waals surface area contributed by atoms with Crippen molar-refractivity contribution >= 4 is 17.2 Å². The maximum Gasteiger partial charge on any atom is 0.227 e. The van der Waals surface area contributed by atoms with E-state index in [-0.39, 0.29) is 18.4 Å². The first-order valence-corrected chi connectivity index (χ1v) is 8.09. The van der Waals surface area contributed by atoms with Crippen LogP contribution in [0.15, 0.2) is 11.4 Å². The Hall–Kier alpha value is -0.870. The molecule has 0 fully saturated rings. The van der Waals surface area contributed by atoms with Crippen molar-refractivity contribution in [1.82, 2.24) is 5.32 Å². The van der Waals surface area contributed by atoms with Gasteiger partial charge in [0.1, 0.15) is 0 Å². The van der Waals surface area contributed by atoms with Crippen LogP contribution in [0.4, 0.5) is 0 Å². The van der Waals surface area contributed by atoms with Gasteiger partial charge in [-0.1, -0.05) is 13.3 Å². The number of rotatable bonds is 6. The smallest absolute Gasteiger partial charge is 0.227 e. The lowest BCUT2D eigenvalue weighted by molar-refractivity contribution is -0.123. The number of fused-ring (bicyclic) bond motifs is 1. The number of carbonyl (C=O) groups is 1. The third-order valence-electron chi connectivity index (χ3n) is 4.05. The van der Waals surface area contributed by atoms with Crippen LogP contribution in [0.2, 0.25) is 0 Å². The first-order chi connectivity index (χ1) is 9.26. The number of aliphatic hydroxyl groups is 1. The molecule has 1 aliphatic rings. The lowest BCUT2D eigenvalue weighted by Crippen LogP contribution is -2.34. The average molecular weight is 281 g/mol. The van der Waals surface area contributed by atoms with Crippen LogP contribution < -0.4 is 5.32 Å². The highest BCUT2D eigenvalue weighted by atomic mass is 32.1. The molecule has 0 aromatic carbocycles. The summed E-state index contributed by atoms with van der Waals surface area (Å²) in [6.07, 6.45) is 4.96. The molecule has 2 atom stereocenters. The summed E-state index contributed by atoms with van der Waals surface area (Å²) in [5.74, 6) is 0.594. The summed E-state index contributed by atoms with van der Waals surface area (Å²) in [5, 5.41) is 14.1. The van der Waals surface area contributed by atoms with Gasteiger partial charge in [0.2, 0.25) is 5.91 Å². The molecule has 3 nitrogen and oxygen atoms in total. The van der Waals surface area contributed by atoms with Gasteiger partial charge in [-0.2, -0.15) is 0 Å². The second kappa shape index (κ2) is 7.06. The Morgan fingerprint density at radius 3 is 3.21 bits per heavy atom. The third kappa shape index (κ3) is 3.57. The monoisotopic (exact) mass is 281 g/mol. The van der Waals surface area contributed by atoms with Crippen molar-refractivity contribution in [2.24, 2.45) is 5.92 Å². The van der Waals surface area contributed by atoms with Gasteiger partial charge in [0, 0.05) is 18.0 Å². The van der Waals surface area contributed by atoms with Gasteiger partial charge in [-0.05, 0) is 48.6 Å². The van der Waals surface area contributed by atoms with Gasteiger partial charge in [0.05, 0.1) is 5.92 Å². The average Bonchev–Trinajstić information content (AvgIpc) is 2.91. The molecule has 0 bridgehead atoms. The van der Waals surface area contributed by atoms with E-state index in [1.54, 1.807) is 11.3 Å². The fraction of sp³-hybridized carbons (Fsp3) is 0.667. The second-order valence-corrected chi connectivity index (χ2v) is 6.28. The Balaban J connectivity index is 1.91. The lowest BCUT2D eigenvalue weighted by atomic mass is 9.87. The number of carbonyl (C=O) groups excluding carboxylic acids is 1. The summed E-state index contributed by atoms with van der Waals surface area (Å²) in [4.78, 5) is 13.7. The van der Waals surface area contributed by atoms with Crippen molar-refractivity contribution in [3.63, 3.8) is 0 Å². The first-order valence-electron chi connectivity index (χ1n) is 7.21. The normalized spacial score (nSPS) is 19.8. The second-order valence-electron chi connectivity index (χ2n) is 5.28. The van der Waals surface area contributed by atoms with Crippen molar-refractivity contribution in [3.8, 4) is 0 Å². The summed E-state index contributed by atoms with van der Waals surface area (Å²) in [5.41, 5.74) is 1.24. The van der Waals surface area contributed by atoms with E-state index in [1.807, 2.05) is 0 Å². The first kappa shape index (κ1) is 14.5. The molecule has 2 rings (SSSR count). The Morgan fingerprint density at radius 1 is 1.63 bits per heavy atom. The van der Waals surface area contributed by atoms with Crippen LogP contribution in [0.3, 0.4) is 0 Å². The number of hydrogen-bond acceptors (Lipinski definition) is 3. The molecule has 1 aromatic rings. The van der Waals surface area contributed by atoms with Gasteiger partial charge >= 0.3 is 0 Å². The van der Waals surface area contributed by atoms with Crippen LogP contribution in [-0.2, 0) is 11.2 Å². The molecule has 0 saturated carbocycles. The van der Waals surface area contributed by atoms with Gasteiger partial charge in [-0.3, -0.25) is 4.79 Å². The summed E-state index contributed by atoms with van der Waals surface area (Å²) in [7, 11) is 0. The molecule has 19 heavy (non-hydrogen) atoms. The van der Waals surface area contributed by atoms with Crippen LogP contribution in [0.1, 0.15) is 49.0 Å². The van der Waals surface area contributed by atoms with Crippen molar-refractivity contribution in [2.75, 3.05) is 13.2 Å². The van der Waals surface area contributed by atoms with Gasteiger partial charge in [0.15, 0.2) is 0 Å². The zero-order valence-corrected chi connectivity index (χ0v) is 12.3. The number of aryl methyl sites for hydroxylation is 1. The number of aliphatic hydroxyl groups excluding tert-OH is 1. The maximum atomic E-state index is 12.3. The minimum absolute atomic E-state index is 0.0432. The number of amides is 1. The molecule has 2 N–H and O–H groups in total. The standard InChI is InChI=1S/C15H23NO2S/c1-2-11(6-8-17)10-16-15(18)13-4-3-5-14-12(13)7-9-19-14/h7,9,11,13,17H,2-6,8,10H2,1H3,(H,16,18). The Bertz CT molecular complexity index is 416. The number of hydrogen-bond donors (Lipinski definition) is 2. The third-order valence-corrected chi connectivity index (χ3v) is 5.04. The maximum absolute atomic E-state index is 12.3. The molecule has 4 heteroatoms. The fourth-order valence-corrected chi connectivity index (χ4v) is 3.75. The minimum Gasteiger partial charge on any atom is -0.396 e. The Morgan fingerprint density at radius 2 is 2.47 bits per heavy atom. The van der Waals surface area contributed by atoms with Crippen molar-refractivity contribution < 1.29 is 9.90 Å². The largest absolute Gasteiger partial charge is 0.396 e. The quantitative estimate of drug-likeness (QED) is 0.842. The fourth-order valence-electron chi connectivity index (χ4n) is 2.76. The Labute approximate surface area is 119 Å². The highest BCUT2D eigenvalue weighted by Gasteiger charge is 2.27. The van der Waals surface area contributed by atoms with E-state index in [1.165, 1.54) is 10.4 Å². The molecule has 106 valence electrons. The van der Waals surface area contributed by atoms with Gasteiger partial charge in [-0.25, -0.2) is 0 Å². The molecule has 0 spiro atoms. The zero-order chi connectivity index (χ0) is 13.7. The van der Waals surface area contributed by atoms with E-state index < -0.39 is 0 Å². The van der Waals surface area contributed by atoms with Crippen LogP contribution in [0.25, 0.3) is 0 Å². The lowest BCUT2D eigenvalue weighted by Gasteiger charge is -2.23. The van der Waals surface area contributed by atoms with Gasteiger partial charge in [-0.15, -0.1) is 11.3 Å². The topological polar surface area (TPSA) is 49.3 Å². The van der Waals surface area contributed by atoms with Crippen LogP contribution >= 0.6 is 11.3 Å². The summed E-state index contributed by atoms with van der Waals surface area (Å²) in [6.45, 7) is 2.99. The van der Waals surface area contributed by atoms with E-state index >= 15 is 0 Å². The van der Waals surface area contributed by atoms with Crippen LogP contribution in [0.5, 0.6) is 0 Å². The predicted molar refractivity (Wildman–Crippen MR) is 78.5 cm³/mol. The van der Waals surface area contributed by atoms with Crippen molar-refractivity contribution in [3.05, 3.63) is 21.9 Å². The molecular weight excluding hydrogens is 258 g/mol. The molecule has 1 amide bonds. The number of nitrogens with one attached hydrogen (secondary N) is 1. The number of thiophene rings is 1. The molecule has 1 heterocycles. The molecular formula is C15H23NO2S. The van der Waals surface area contributed by atoms with Crippen molar-refractivity contribution in [2.45, 2.75) is 44.9 Å². The summed E-state index contributed by atoms with van der Waals surface area (Å²) >= 11 is 1.77. The highest BCUT2D eigenvalue weighted by molar-refractivity contribution is 7.10. The predicted octanol–water partition coefficient (Wildman–Crippen LogP) is 2.69. The van der Waals surface area contributed by atoms with E-state index in [2.05, 4.69) is 23.7 Å². The molecule has 1 aliphatic carbocycles. The van der Waals surface area contributed by atoms with Gasteiger partial charge < -0.3 is 10.4 Å². The Kier molecular flexibility index (Phi) is 5.40. The van der Waals surface area contributed by atoms with E-state index in [9.17, 15) is 4.79 Å². The van der Waals surface area contributed by atoms with E-state index in [0.29, 0.717) is 12.5 Å². The molecule has 0 saturated heterocycles. The van der Waals surface area contributed by atoms with E-state index in [4.69, 9.17) is 5.11 Å². The zero-order valence-electron chi connectivity index (χ0n) is 11.5. The molecule has 2 unspecified atom stereocenters. The summed E-state index contributed by atoms with van der Waals surface area (Å²) < 4.78 is 0. The van der Waals surface area contributed by atoms with Crippen molar-refractivity contribution in [1.29, 1.82) is 0 Å². The molecule has 0 radical (unpaired) electrons. The molecule has 1 aromatic heterocycles. The summed E-state index contributed by atoms with van der Waals surface area (Å²) in [6, 6.07) is 2.11. The highest BCUT2D eigenvalue weighted by Crippen LogP contribution is 2.34. The van der Waals surface area contributed by atoms with Gasteiger partial charge in [0.25, 0.3) is 0 Å². The van der Waals surface area contributed by atoms with Crippen LogP contribution in [0, 0.1) is 5.92 Å². The van der Waals surface area contributed by atoms with E-state index in [0.717, 1.165) is 32.1 Å². The minimum atomic E-state index is 0.0432.